The molecule has 4 aromatic rings. The molecule has 1 saturated heterocycles. The number of pyridine rings is 2. The number of nitriles is 1. The predicted octanol–water partition coefficient (Wildman–Crippen LogP) is 4.86. The number of nitrogens with one attached hydrogen (secondary N) is 1. The van der Waals surface area contributed by atoms with E-state index in [0.29, 0.717) is 39.2 Å². The van der Waals surface area contributed by atoms with Gasteiger partial charge in [-0.15, -0.1) is 0 Å². The number of methoxy groups -OCH3 is 1. The minimum atomic E-state index is -0.946. The summed E-state index contributed by atoms with van der Waals surface area (Å²) in [5, 5.41) is 17.9. The van der Waals surface area contributed by atoms with Gasteiger partial charge >= 0.3 is 0 Å². The molecule has 5 rings (SSSR count). The van der Waals surface area contributed by atoms with Crippen molar-refractivity contribution in [2.45, 2.75) is 25.1 Å². The summed E-state index contributed by atoms with van der Waals surface area (Å²) < 4.78 is 11.5. The topological polar surface area (TPSA) is 126 Å². The minimum absolute atomic E-state index is 0.225. The Bertz CT molecular complexity index is 1400. The van der Waals surface area contributed by atoms with Crippen molar-refractivity contribution >= 4 is 39.9 Å². The Labute approximate surface area is 211 Å². The predicted molar refractivity (Wildman–Crippen MR) is 134 cm³/mol. The first-order valence-electron chi connectivity index (χ1n) is 10.9. The number of hydrogen-bond donors (Lipinski definition) is 2. The number of anilines is 1. The summed E-state index contributed by atoms with van der Waals surface area (Å²) in [4.78, 5) is 10.7. The summed E-state index contributed by atoms with van der Waals surface area (Å²) in [5.74, 6) is 1.73. The molecule has 0 radical (unpaired) electrons. The number of nitrogens with two attached hydrogens (primary N) is 1. The molecule has 1 fully saturated rings. The maximum atomic E-state index is 8.99. The number of halogens is 2. The van der Waals surface area contributed by atoms with Crippen LogP contribution in [0.15, 0.2) is 42.9 Å². The van der Waals surface area contributed by atoms with Crippen molar-refractivity contribution in [3.63, 3.8) is 0 Å². The van der Waals surface area contributed by atoms with Crippen molar-refractivity contribution < 1.29 is 9.47 Å². The average Bonchev–Trinajstić information content (AvgIpc) is 3.24. The second kappa shape index (κ2) is 9.58. The molecular weight excluding hydrogens is 489 g/mol. The minimum Gasteiger partial charge on any atom is -0.493 e. The maximum Gasteiger partial charge on any atom is 0.177 e. The molecule has 35 heavy (non-hydrogen) atoms. The van der Waals surface area contributed by atoms with Crippen LogP contribution in [0.1, 0.15) is 24.6 Å². The van der Waals surface area contributed by atoms with Crippen molar-refractivity contribution in [1.29, 1.82) is 5.26 Å². The Morgan fingerprint density at radius 1 is 1.23 bits per heavy atom. The van der Waals surface area contributed by atoms with Gasteiger partial charge < -0.3 is 14.4 Å². The average molecular weight is 510 g/mol. The number of H-pyrrole nitrogens is 1. The molecule has 0 amide bonds. The highest BCUT2D eigenvalue weighted by Gasteiger charge is 2.28. The zero-order chi connectivity index (χ0) is 24.5. The molecule has 1 aromatic carbocycles. The lowest BCUT2D eigenvalue weighted by Gasteiger charge is -2.40. The Kier molecular flexibility index (Phi) is 6.34. The number of rotatable bonds is 7. The van der Waals surface area contributed by atoms with E-state index >= 15 is 0 Å². The van der Waals surface area contributed by atoms with Gasteiger partial charge in [-0.25, -0.2) is 4.98 Å². The summed E-state index contributed by atoms with van der Waals surface area (Å²) in [6, 6.07) is 9.97. The van der Waals surface area contributed by atoms with E-state index in [1.165, 1.54) is 12.4 Å². The van der Waals surface area contributed by atoms with E-state index in [2.05, 4.69) is 31.1 Å². The monoisotopic (exact) mass is 509 g/mol. The highest BCUT2D eigenvalue weighted by molar-refractivity contribution is 6.35. The Hall–Kier alpha value is -3.58. The van der Waals surface area contributed by atoms with Gasteiger partial charge in [-0.2, -0.15) is 10.4 Å². The molecule has 0 bridgehead atoms. The van der Waals surface area contributed by atoms with Crippen LogP contribution in [-0.2, 0) is 0 Å². The molecule has 3 aromatic heterocycles. The van der Waals surface area contributed by atoms with Gasteiger partial charge in [0.05, 0.1) is 35.2 Å². The standard InChI is InChI=1S/C24H21Cl2N7O2/c1-34-19-9-18-15(8-20(19)35-24(28)22-16(25)11-29-12-17(22)26)23(32-31-18)13-2-3-21(30-10-13)33-7-5-14(33)4-6-27/h2-3,8-12,14,24H,4-5,7,28H2,1H3,(H,31,32)/t14-,24-/m0/s1. The molecule has 11 heteroatoms. The number of benzene rings is 1. The quantitative estimate of drug-likeness (QED) is 0.338. The molecule has 0 aliphatic carbocycles. The zero-order valence-electron chi connectivity index (χ0n) is 18.7. The summed E-state index contributed by atoms with van der Waals surface area (Å²) >= 11 is 12.5. The van der Waals surface area contributed by atoms with Crippen LogP contribution in [0.25, 0.3) is 22.2 Å². The molecule has 0 spiro atoms. The van der Waals surface area contributed by atoms with Crippen molar-refractivity contribution in [1.82, 2.24) is 20.2 Å². The Morgan fingerprint density at radius 3 is 2.66 bits per heavy atom. The zero-order valence-corrected chi connectivity index (χ0v) is 20.2. The molecule has 0 saturated carbocycles. The van der Waals surface area contributed by atoms with Crippen LogP contribution < -0.4 is 20.1 Å². The van der Waals surface area contributed by atoms with E-state index in [9.17, 15) is 0 Å². The molecule has 9 nitrogen and oxygen atoms in total. The lowest BCUT2D eigenvalue weighted by atomic mass is 10.0. The van der Waals surface area contributed by atoms with Crippen LogP contribution in [0.2, 0.25) is 10.0 Å². The van der Waals surface area contributed by atoms with Crippen LogP contribution >= 0.6 is 23.2 Å². The SMILES string of the molecule is COc1cc2[nH]nc(-c3ccc(N4CC[C@@H]4CC#N)nc3)c2cc1O[C@H](N)c1c(Cl)cncc1Cl. The van der Waals surface area contributed by atoms with Crippen LogP contribution in [0.3, 0.4) is 0 Å². The van der Waals surface area contributed by atoms with Gasteiger partial charge in [0.2, 0.25) is 0 Å². The maximum absolute atomic E-state index is 8.99. The molecule has 4 heterocycles. The summed E-state index contributed by atoms with van der Waals surface area (Å²) in [6.45, 7) is 0.899. The summed E-state index contributed by atoms with van der Waals surface area (Å²) in [7, 11) is 1.54. The molecule has 1 aliphatic heterocycles. The highest BCUT2D eigenvalue weighted by Crippen LogP contribution is 2.39. The van der Waals surface area contributed by atoms with Gasteiger partial charge in [0.25, 0.3) is 0 Å². The molecule has 2 atom stereocenters. The Balaban J connectivity index is 1.46. The number of fused-ring (bicyclic) bond motifs is 1. The lowest BCUT2D eigenvalue weighted by Crippen LogP contribution is -2.48. The second-order valence-corrected chi connectivity index (χ2v) is 8.89. The van der Waals surface area contributed by atoms with Gasteiger partial charge in [-0.1, -0.05) is 23.2 Å². The van der Waals surface area contributed by atoms with E-state index in [4.69, 9.17) is 43.7 Å². The summed E-state index contributed by atoms with van der Waals surface area (Å²) in [6.07, 6.45) is 5.25. The van der Waals surface area contributed by atoms with Crippen LogP contribution in [-0.4, -0.2) is 39.9 Å². The van der Waals surface area contributed by atoms with Crippen molar-refractivity contribution in [3.8, 4) is 28.8 Å². The van der Waals surface area contributed by atoms with Crippen molar-refractivity contribution in [2.24, 2.45) is 5.73 Å². The fourth-order valence-electron chi connectivity index (χ4n) is 4.14. The number of aromatic nitrogens is 4. The van der Waals surface area contributed by atoms with E-state index < -0.39 is 6.23 Å². The van der Waals surface area contributed by atoms with Crippen molar-refractivity contribution in [3.05, 3.63) is 58.5 Å². The third kappa shape index (κ3) is 4.32. The molecular formula is C24H21Cl2N7O2. The molecule has 0 unspecified atom stereocenters. The first kappa shape index (κ1) is 23.2. The van der Waals surface area contributed by atoms with E-state index in [0.717, 1.165) is 35.2 Å². The van der Waals surface area contributed by atoms with E-state index in [-0.39, 0.29) is 6.04 Å². The second-order valence-electron chi connectivity index (χ2n) is 8.08. The summed E-state index contributed by atoms with van der Waals surface area (Å²) in [5.41, 5.74) is 9.01. The van der Waals surface area contributed by atoms with Gasteiger partial charge in [-0.05, 0) is 24.6 Å². The normalized spacial score (nSPS) is 16.0. The van der Waals surface area contributed by atoms with Crippen LogP contribution in [0.5, 0.6) is 11.5 Å². The van der Waals surface area contributed by atoms with Gasteiger partial charge in [0.1, 0.15) is 11.5 Å². The third-order valence-corrected chi connectivity index (χ3v) is 6.66. The Morgan fingerprint density at radius 2 is 2.03 bits per heavy atom. The largest absolute Gasteiger partial charge is 0.493 e. The fourth-order valence-corrected chi connectivity index (χ4v) is 4.72. The number of aromatic amines is 1. The fraction of sp³-hybridized carbons (Fsp3) is 0.250. The third-order valence-electron chi connectivity index (χ3n) is 6.06. The van der Waals surface area contributed by atoms with Crippen LogP contribution in [0.4, 0.5) is 5.82 Å². The molecule has 3 N–H and O–H groups in total. The van der Waals surface area contributed by atoms with Gasteiger partial charge in [0.15, 0.2) is 17.7 Å². The van der Waals surface area contributed by atoms with Crippen LogP contribution in [0, 0.1) is 11.3 Å². The van der Waals surface area contributed by atoms with Gasteiger partial charge in [-0.3, -0.25) is 15.8 Å². The van der Waals surface area contributed by atoms with E-state index in [1.54, 1.807) is 19.4 Å². The first-order valence-corrected chi connectivity index (χ1v) is 11.6. The van der Waals surface area contributed by atoms with Crippen molar-refractivity contribution in [2.75, 3.05) is 18.6 Å². The smallest absolute Gasteiger partial charge is 0.177 e. The number of nitrogens with zero attached hydrogens (tertiary/aromatic N) is 5. The number of ether oxygens (including phenoxy) is 2. The van der Waals surface area contributed by atoms with Gasteiger partial charge in [0, 0.05) is 53.8 Å². The highest BCUT2D eigenvalue weighted by atomic mass is 35.5. The molecule has 1 aliphatic rings. The van der Waals surface area contributed by atoms with E-state index in [1.807, 2.05) is 18.2 Å². The first-order chi connectivity index (χ1) is 17.0. The number of hydrogen-bond acceptors (Lipinski definition) is 8. The molecule has 178 valence electrons. The lowest BCUT2D eigenvalue weighted by molar-refractivity contribution is 0.204.